The molecule has 1 amide bonds. The van der Waals surface area contributed by atoms with Gasteiger partial charge in [0.2, 0.25) is 0 Å². The average Bonchev–Trinajstić information content (AvgIpc) is 2.74. The number of methoxy groups -OCH3 is 2. The largest absolute Gasteiger partial charge is 0.503 e. The number of aromatic nitrogens is 1. The van der Waals surface area contributed by atoms with Gasteiger partial charge in [-0.15, -0.1) is 0 Å². The van der Waals surface area contributed by atoms with E-state index in [0.29, 0.717) is 44.8 Å². The van der Waals surface area contributed by atoms with E-state index >= 15 is 0 Å². The minimum Gasteiger partial charge on any atom is -0.503 e. The predicted octanol–water partition coefficient (Wildman–Crippen LogP) is 1.49. The summed E-state index contributed by atoms with van der Waals surface area (Å²) in [4.78, 5) is 27.8. The normalized spacial score (nSPS) is 14.7. The zero-order valence-corrected chi connectivity index (χ0v) is 16.1. The molecule has 3 rings (SSSR count). The van der Waals surface area contributed by atoms with Crippen molar-refractivity contribution in [1.82, 2.24) is 14.4 Å². The zero-order chi connectivity index (χ0) is 20.1. The minimum atomic E-state index is -0.415. The number of hydrogen-bond donors (Lipinski definition) is 1. The van der Waals surface area contributed by atoms with Crippen LogP contribution in [0.25, 0.3) is 0 Å². The summed E-state index contributed by atoms with van der Waals surface area (Å²) in [5.74, 6) is 0.521. The first-order chi connectivity index (χ1) is 13.5. The molecular formula is C20H25N3O5. The lowest BCUT2D eigenvalue weighted by Gasteiger charge is -2.33. The van der Waals surface area contributed by atoms with Crippen molar-refractivity contribution in [1.29, 1.82) is 0 Å². The fourth-order valence-corrected chi connectivity index (χ4v) is 3.24. The molecule has 150 valence electrons. The fourth-order valence-electron chi connectivity index (χ4n) is 3.24. The first-order valence-corrected chi connectivity index (χ1v) is 9.11. The molecule has 2 heterocycles. The van der Waals surface area contributed by atoms with Crippen LogP contribution in [0.5, 0.6) is 11.5 Å². The standard InChI is InChI=1S/C20H25N3O5/c1-27-17-5-3-15(4-6-17)13-23-8-7-16(18(24)19(23)25)14-21-9-11-22(12-10-21)20(26)28-2/h3-8,24H,9-14H2,1-2H3. The van der Waals surface area contributed by atoms with E-state index in [-0.39, 0.29) is 11.8 Å². The summed E-state index contributed by atoms with van der Waals surface area (Å²) in [5, 5.41) is 10.4. The lowest BCUT2D eigenvalue weighted by atomic mass is 10.2. The summed E-state index contributed by atoms with van der Waals surface area (Å²) in [6.45, 7) is 3.25. The van der Waals surface area contributed by atoms with Gasteiger partial charge in [-0.25, -0.2) is 4.79 Å². The number of aromatic hydroxyl groups is 1. The van der Waals surface area contributed by atoms with E-state index in [9.17, 15) is 14.7 Å². The lowest BCUT2D eigenvalue weighted by Crippen LogP contribution is -2.48. The summed E-state index contributed by atoms with van der Waals surface area (Å²) in [6.07, 6.45) is 1.37. The molecule has 0 bridgehead atoms. The highest BCUT2D eigenvalue weighted by Crippen LogP contribution is 2.17. The zero-order valence-electron chi connectivity index (χ0n) is 16.1. The quantitative estimate of drug-likeness (QED) is 0.837. The molecule has 1 N–H and O–H groups in total. The van der Waals surface area contributed by atoms with Gasteiger partial charge in [-0.05, 0) is 23.8 Å². The summed E-state index contributed by atoms with van der Waals surface area (Å²) >= 11 is 0. The van der Waals surface area contributed by atoms with E-state index in [0.717, 1.165) is 11.3 Å². The Morgan fingerprint density at radius 1 is 1.04 bits per heavy atom. The first kappa shape index (κ1) is 19.8. The number of piperazine rings is 1. The third-order valence-corrected chi connectivity index (χ3v) is 4.93. The molecule has 0 spiro atoms. The van der Waals surface area contributed by atoms with Gasteiger partial charge in [0.15, 0.2) is 5.75 Å². The number of hydrogen-bond acceptors (Lipinski definition) is 6. The highest BCUT2D eigenvalue weighted by Gasteiger charge is 2.22. The number of benzene rings is 1. The van der Waals surface area contributed by atoms with Crippen LogP contribution in [0, 0.1) is 0 Å². The van der Waals surface area contributed by atoms with Crippen molar-refractivity contribution >= 4 is 6.09 Å². The van der Waals surface area contributed by atoms with Crippen LogP contribution in [-0.4, -0.2) is 66.0 Å². The molecule has 0 saturated carbocycles. The van der Waals surface area contributed by atoms with Gasteiger partial charge in [0, 0.05) is 44.5 Å². The Morgan fingerprint density at radius 3 is 2.32 bits per heavy atom. The van der Waals surface area contributed by atoms with Crippen LogP contribution in [0.15, 0.2) is 41.3 Å². The summed E-state index contributed by atoms with van der Waals surface area (Å²) in [5.41, 5.74) is 1.11. The molecule has 0 aliphatic carbocycles. The molecule has 0 unspecified atom stereocenters. The van der Waals surface area contributed by atoms with Crippen molar-refractivity contribution in [2.75, 3.05) is 40.4 Å². The van der Waals surface area contributed by atoms with Gasteiger partial charge in [0.25, 0.3) is 5.56 Å². The number of carbonyl (C=O) groups is 1. The second-order valence-corrected chi connectivity index (χ2v) is 6.70. The predicted molar refractivity (Wildman–Crippen MR) is 104 cm³/mol. The smallest absolute Gasteiger partial charge is 0.409 e. The topological polar surface area (TPSA) is 84.2 Å². The van der Waals surface area contributed by atoms with E-state index in [1.807, 2.05) is 24.3 Å². The Kier molecular flexibility index (Phi) is 6.20. The van der Waals surface area contributed by atoms with Crippen molar-refractivity contribution in [2.45, 2.75) is 13.1 Å². The number of ether oxygens (including phenoxy) is 2. The van der Waals surface area contributed by atoms with Gasteiger partial charge in [-0.3, -0.25) is 9.69 Å². The highest BCUT2D eigenvalue weighted by atomic mass is 16.5. The third kappa shape index (κ3) is 4.45. The van der Waals surface area contributed by atoms with Gasteiger partial charge in [0.1, 0.15) is 5.75 Å². The lowest BCUT2D eigenvalue weighted by molar-refractivity contribution is 0.0885. The van der Waals surface area contributed by atoms with Crippen LogP contribution in [0.4, 0.5) is 4.79 Å². The van der Waals surface area contributed by atoms with E-state index in [4.69, 9.17) is 9.47 Å². The summed E-state index contributed by atoms with van der Waals surface area (Å²) in [7, 11) is 2.97. The Balaban J connectivity index is 1.65. The average molecular weight is 387 g/mol. The van der Waals surface area contributed by atoms with E-state index in [1.165, 1.54) is 11.7 Å². The van der Waals surface area contributed by atoms with Gasteiger partial charge in [0.05, 0.1) is 20.8 Å². The maximum absolute atomic E-state index is 12.5. The molecule has 0 radical (unpaired) electrons. The Morgan fingerprint density at radius 2 is 1.71 bits per heavy atom. The van der Waals surface area contributed by atoms with Crippen LogP contribution < -0.4 is 10.3 Å². The monoisotopic (exact) mass is 387 g/mol. The van der Waals surface area contributed by atoms with E-state index < -0.39 is 5.56 Å². The first-order valence-electron chi connectivity index (χ1n) is 9.11. The molecular weight excluding hydrogens is 362 g/mol. The molecule has 1 aliphatic heterocycles. The molecule has 28 heavy (non-hydrogen) atoms. The van der Waals surface area contributed by atoms with Crippen molar-refractivity contribution in [2.24, 2.45) is 0 Å². The molecule has 8 heteroatoms. The fraction of sp³-hybridized carbons (Fsp3) is 0.400. The van der Waals surface area contributed by atoms with Crippen LogP contribution in [0.2, 0.25) is 0 Å². The maximum atomic E-state index is 12.5. The molecule has 1 aliphatic rings. The van der Waals surface area contributed by atoms with Crippen molar-refractivity contribution < 1.29 is 19.4 Å². The van der Waals surface area contributed by atoms with Gasteiger partial charge < -0.3 is 24.0 Å². The molecule has 1 aromatic carbocycles. The summed E-state index contributed by atoms with van der Waals surface area (Å²) in [6, 6.07) is 9.21. The van der Waals surface area contributed by atoms with Crippen molar-refractivity contribution in [3.63, 3.8) is 0 Å². The van der Waals surface area contributed by atoms with Gasteiger partial charge in [-0.2, -0.15) is 0 Å². The van der Waals surface area contributed by atoms with E-state index in [1.54, 1.807) is 24.3 Å². The van der Waals surface area contributed by atoms with Crippen LogP contribution in [-0.2, 0) is 17.8 Å². The number of pyridine rings is 1. The van der Waals surface area contributed by atoms with E-state index in [2.05, 4.69) is 4.90 Å². The van der Waals surface area contributed by atoms with Crippen LogP contribution >= 0.6 is 0 Å². The number of rotatable bonds is 5. The Hall–Kier alpha value is -3.00. The number of nitrogens with zero attached hydrogens (tertiary/aromatic N) is 3. The second kappa shape index (κ2) is 8.79. The van der Waals surface area contributed by atoms with Crippen LogP contribution in [0.1, 0.15) is 11.1 Å². The molecule has 0 atom stereocenters. The van der Waals surface area contributed by atoms with Crippen molar-refractivity contribution in [3.8, 4) is 11.5 Å². The summed E-state index contributed by atoms with van der Waals surface area (Å²) < 4.78 is 11.3. The molecule has 1 aromatic heterocycles. The third-order valence-electron chi connectivity index (χ3n) is 4.93. The maximum Gasteiger partial charge on any atom is 0.409 e. The molecule has 1 fully saturated rings. The molecule has 1 saturated heterocycles. The van der Waals surface area contributed by atoms with Crippen molar-refractivity contribution in [3.05, 3.63) is 58.0 Å². The highest BCUT2D eigenvalue weighted by molar-refractivity contribution is 5.67. The SMILES string of the molecule is COC(=O)N1CCN(Cc2ccn(Cc3ccc(OC)cc3)c(=O)c2O)CC1. The number of carbonyl (C=O) groups excluding carboxylic acids is 1. The number of amides is 1. The Bertz CT molecular complexity index is 870. The minimum absolute atomic E-state index is 0.230. The van der Waals surface area contributed by atoms with Crippen LogP contribution in [0.3, 0.4) is 0 Å². The van der Waals surface area contributed by atoms with Gasteiger partial charge in [-0.1, -0.05) is 12.1 Å². The molecule has 2 aromatic rings. The Labute approximate surface area is 163 Å². The van der Waals surface area contributed by atoms with Gasteiger partial charge >= 0.3 is 6.09 Å². The molecule has 8 nitrogen and oxygen atoms in total. The second-order valence-electron chi connectivity index (χ2n) is 6.70.